The summed E-state index contributed by atoms with van der Waals surface area (Å²) in [6.07, 6.45) is 1.73. The number of carbonyl (C=O) groups excluding carboxylic acids is 1. The molecule has 1 nitrogen and oxygen atoms in total. The average Bonchev–Trinajstić information content (AvgIpc) is 2.97. The van der Waals surface area contributed by atoms with Gasteiger partial charge in [0.25, 0.3) is 0 Å². The van der Waals surface area contributed by atoms with E-state index in [0.29, 0.717) is 0 Å². The van der Waals surface area contributed by atoms with Crippen LogP contribution >= 0.6 is 21.6 Å². The van der Waals surface area contributed by atoms with Gasteiger partial charge in [0.05, 0.1) is 0 Å². The number of carbonyl (C=O) groups is 1. The largest absolute Gasteiger partial charge is 0.289 e. The van der Waals surface area contributed by atoms with Gasteiger partial charge in [0, 0.05) is 22.1 Å². The molecule has 1 heterocycles. The van der Waals surface area contributed by atoms with Gasteiger partial charge in [-0.1, -0.05) is 82.3 Å². The molecule has 98 valence electrons. The highest BCUT2D eigenvalue weighted by Crippen LogP contribution is 2.48. The highest BCUT2D eigenvalue weighted by molar-refractivity contribution is 8.80. The van der Waals surface area contributed by atoms with Gasteiger partial charge in [0.1, 0.15) is 0 Å². The van der Waals surface area contributed by atoms with Gasteiger partial charge >= 0.3 is 0 Å². The van der Waals surface area contributed by atoms with Crippen LogP contribution in [0.15, 0.2) is 77.1 Å². The summed E-state index contributed by atoms with van der Waals surface area (Å²) >= 11 is 0. The first kappa shape index (κ1) is 13.3. The van der Waals surface area contributed by atoms with Crippen molar-refractivity contribution in [3.63, 3.8) is 0 Å². The van der Waals surface area contributed by atoms with E-state index >= 15 is 0 Å². The lowest BCUT2D eigenvalue weighted by Gasteiger charge is -2.04. The molecule has 0 fully saturated rings. The van der Waals surface area contributed by atoms with E-state index in [1.165, 1.54) is 0 Å². The molecule has 0 bridgehead atoms. The van der Waals surface area contributed by atoms with Crippen LogP contribution in [0.5, 0.6) is 0 Å². The Morgan fingerprint density at radius 3 is 2.25 bits per heavy atom. The smallest absolute Gasteiger partial charge is 0.186 e. The first-order valence-corrected chi connectivity index (χ1v) is 8.46. The van der Waals surface area contributed by atoms with Crippen LogP contribution in [0.2, 0.25) is 0 Å². The van der Waals surface area contributed by atoms with Crippen molar-refractivity contribution in [1.29, 1.82) is 0 Å². The van der Waals surface area contributed by atoms with Crippen molar-refractivity contribution in [2.24, 2.45) is 0 Å². The van der Waals surface area contributed by atoms with Gasteiger partial charge in [0.15, 0.2) is 5.78 Å². The zero-order chi connectivity index (χ0) is 13.8. The second-order valence-electron chi connectivity index (χ2n) is 4.32. The third-order valence-corrected chi connectivity index (χ3v) is 5.04. The van der Waals surface area contributed by atoms with Crippen LogP contribution in [0.25, 0.3) is 5.57 Å². The Hall–Kier alpha value is -1.71. The monoisotopic (exact) mass is 296 g/mol. The maximum absolute atomic E-state index is 12.3. The Balaban J connectivity index is 1.89. The minimum Gasteiger partial charge on any atom is -0.289 e. The molecular formula is C17H12OS2. The van der Waals surface area contributed by atoms with Crippen molar-refractivity contribution in [1.82, 2.24) is 0 Å². The van der Waals surface area contributed by atoms with Crippen LogP contribution in [0, 0.1) is 0 Å². The molecule has 3 rings (SSSR count). The van der Waals surface area contributed by atoms with Crippen LogP contribution in [0.1, 0.15) is 15.9 Å². The van der Waals surface area contributed by atoms with Crippen molar-refractivity contribution >= 4 is 32.9 Å². The molecular weight excluding hydrogens is 284 g/mol. The molecule has 0 aromatic heterocycles. The minimum absolute atomic E-state index is 0.0532. The number of ketones is 1. The number of rotatable bonds is 3. The molecule has 0 amide bonds. The third-order valence-electron chi connectivity index (χ3n) is 2.97. The maximum atomic E-state index is 12.3. The van der Waals surface area contributed by atoms with Crippen LogP contribution < -0.4 is 0 Å². The van der Waals surface area contributed by atoms with Crippen LogP contribution in [0.4, 0.5) is 0 Å². The molecule has 1 aliphatic heterocycles. The lowest BCUT2D eigenvalue weighted by Crippen LogP contribution is -1.95. The van der Waals surface area contributed by atoms with Crippen molar-refractivity contribution in [3.8, 4) is 0 Å². The zero-order valence-corrected chi connectivity index (χ0v) is 12.3. The molecule has 0 aliphatic carbocycles. The van der Waals surface area contributed by atoms with Gasteiger partial charge in [-0.2, -0.15) is 0 Å². The molecule has 1 aliphatic rings. The van der Waals surface area contributed by atoms with E-state index < -0.39 is 0 Å². The summed E-state index contributed by atoms with van der Waals surface area (Å²) in [6.45, 7) is 0. The molecule has 3 heteroatoms. The molecule has 0 saturated carbocycles. The first-order valence-electron chi connectivity index (χ1n) is 6.25. The lowest BCUT2D eigenvalue weighted by molar-refractivity contribution is 0.104. The first-order chi connectivity index (χ1) is 9.84. The van der Waals surface area contributed by atoms with E-state index in [1.807, 2.05) is 48.5 Å². The molecule has 2 aromatic carbocycles. The fraction of sp³-hybridized carbons (Fsp3) is 0. The summed E-state index contributed by atoms with van der Waals surface area (Å²) in [5, 5.41) is 2.10. The lowest BCUT2D eigenvalue weighted by atomic mass is 10.0. The van der Waals surface area contributed by atoms with E-state index in [-0.39, 0.29) is 5.78 Å². The van der Waals surface area contributed by atoms with Crippen LogP contribution in [-0.4, -0.2) is 5.78 Å². The van der Waals surface area contributed by atoms with Gasteiger partial charge in [-0.3, -0.25) is 4.79 Å². The van der Waals surface area contributed by atoms with E-state index in [1.54, 1.807) is 27.7 Å². The fourth-order valence-corrected chi connectivity index (χ4v) is 4.13. The standard InChI is InChI=1S/C17H12OS2/c18-16(14-9-5-2-6-10-14)11-17-15(12-19-20-17)13-7-3-1-4-8-13/h1-12H. The van der Waals surface area contributed by atoms with Crippen molar-refractivity contribution < 1.29 is 4.79 Å². The summed E-state index contributed by atoms with van der Waals surface area (Å²) in [7, 11) is 3.29. The Bertz CT molecular complexity index is 673. The highest BCUT2D eigenvalue weighted by atomic mass is 33.1. The van der Waals surface area contributed by atoms with Crippen molar-refractivity contribution in [3.05, 3.63) is 88.2 Å². The van der Waals surface area contributed by atoms with E-state index in [4.69, 9.17) is 0 Å². The Labute approximate surface area is 126 Å². The molecule has 0 unspecified atom stereocenters. The zero-order valence-electron chi connectivity index (χ0n) is 10.7. The van der Waals surface area contributed by atoms with Gasteiger partial charge in [0.2, 0.25) is 0 Å². The Morgan fingerprint density at radius 2 is 1.55 bits per heavy atom. The number of hydrogen-bond donors (Lipinski definition) is 0. The van der Waals surface area contributed by atoms with Crippen molar-refractivity contribution in [2.45, 2.75) is 0 Å². The Kier molecular flexibility index (Phi) is 4.09. The van der Waals surface area contributed by atoms with Gasteiger partial charge < -0.3 is 0 Å². The summed E-state index contributed by atoms with van der Waals surface area (Å²) in [4.78, 5) is 13.3. The van der Waals surface area contributed by atoms with Gasteiger partial charge in [-0.25, -0.2) is 0 Å². The maximum Gasteiger partial charge on any atom is 0.186 e. The van der Waals surface area contributed by atoms with E-state index in [0.717, 1.165) is 21.6 Å². The van der Waals surface area contributed by atoms with Crippen molar-refractivity contribution in [2.75, 3.05) is 0 Å². The third kappa shape index (κ3) is 2.89. The summed E-state index contributed by atoms with van der Waals surface area (Å²) < 4.78 is 0. The highest BCUT2D eigenvalue weighted by Gasteiger charge is 2.16. The Morgan fingerprint density at radius 1 is 0.900 bits per heavy atom. The summed E-state index contributed by atoms with van der Waals surface area (Å²) in [5.41, 5.74) is 3.01. The quantitative estimate of drug-likeness (QED) is 0.441. The summed E-state index contributed by atoms with van der Waals surface area (Å²) in [6, 6.07) is 19.5. The number of benzene rings is 2. The number of allylic oxidation sites excluding steroid dienone is 2. The molecule has 0 saturated heterocycles. The SMILES string of the molecule is O=C(C=C1SSC=C1c1ccccc1)c1ccccc1. The summed E-state index contributed by atoms with van der Waals surface area (Å²) in [5.74, 6) is 0.0532. The predicted molar refractivity (Wildman–Crippen MR) is 88.5 cm³/mol. The molecule has 0 radical (unpaired) electrons. The topological polar surface area (TPSA) is 17.1 Å². The second-order valence-corrected chi connectivity index (χ2v) is 6.43. The molecule has 20 heavy (non-hydrogen) atoms. The number of hydrogen-bond acceptors (Lipinski definition) is 3. The van der Waals surface area contributed by atoms with Gasteiger partial charge in [-0.05, 0) is 11.0 Å². The molecule has 0 spiro atoms. The van der Waals surface area contributed by atoms with Gasteiger partial charge in [-0.15, -0.1) is 0 Å². The van der Waals surface area contributed by atoms with Crippen LogP contribution in [0.3, 0.4) is 0 Å². The second kappa shape index (κ2) is 6.16. The average molecular weight is 296 g/mol. The fourth-order valence-electron chi connectivity index (χ4n) is 1.96. The molecule has 0 atom stereocenters. The minimum atomic E-state index is 0.0532. The molecule has 0 N–H and O–H groups in total. The molecule has 2 aromatic rings. The predicted octanol–water partition coefficient (Wildman–Crippen LogP) is 5.19. The normalized spacial score (nSPS) is 16.2. The van der Waals surface area contributed by atoms with E-state index in [9.17, 15) is 4.79 Å². The van der Waals surface area contributed by atoms with Crippen LogP contribution in [-0.2, 0) is 0 Å². The van der Waals surface area contributed by atoms with E-state index in [2.05, 4.69) is 17.5 Å².